The van der Waals surface area contributed by atoms with Gasteiger partial charge in [0, 0.05) is 5.57 Å². The zero-order valence-electron chi connectivity index (χ0n) is 24.0. The van der Waals surface area contributed by atoms with Crippen LogP contribution in [0.1, 0.15) is 45.4 Å². The van der Waals surface area contributed by atoms with Crippen molar-refractivity contribution in [1.29, 1.82) is 0 Å². The molecule has 43 heavy (non-hydrogen) atoms. The van der Waals surface area contributed by atoms with E-state index in [9.17, 15) is 26.8 Å². The van der Waals surface area contributed by atoms with Gasteiger partial charge in [0.1, 0.15) is 0 Å². The summed E-state index contributed by atoms with van der Waals surface area (Å²) in [6.45, 7) is 5.25. The summed E-state index contributed by atoms with van der Waals surface area (Å²) < 4.78 is 57.8. The van der Waals surface area contributed by atoms with Crippen LogP contribution in [0.4, 0.5) is 13.6 Å². The van der Waals surface area contributed by atoms with E-state index in [1.54, 1.807) is 6.92 Å². The Balaban J connectivity index is 0.000000306. The van der Waals surface area contributed by atoms with E-state index >= 15 is 0 Å². The van der Waals surface area contributed by atoms with E-state index in [2.05, 4.69) is 106 Å². The lowest BCUT2D eigenvalue weighted by Crippen LogP contribution is -2.20. The highest BCUT2D eigenvalue weighted by atomic mass is 32.2. The minimum absolute atomic E-state index is 0.0146. The summed E-state index contributed by atoms with van der Waals surface area (Å²) >= 11 is 0. The van der Waals surface area contributed by atoms with Crippen LogP contribution in [0, 0.1) is 0 Å². The summed E-state index contributed by atoms with van der Waals surface area (Å²) in [5.74, 6) is -4.20. The Morgan fingerprint density at radius 3 is 1.44 bits per heavy atom. The topological polar surface area (TPSA) is 96.0 Å². The molecule has 0 aliphatic rings. The van der Waals surface area contributed by atoms with Crippen molar-refractivity contribution in [3.05, 3.63) is 103 Å². The van der Waals surface area contributed by atoms with Crippen LogP contribution in [0.25, 0.3) is 0 Å². The van der Waals surface area contributed by atoms with Crippen molar-refractivity contribution < 1.29 is 40.4 Å². The number of hydrogen-bond donors (Lipinski definition) is 0. The Bertz CT molecular complexity index is 1260. The van der Waals surface area contributed by atoms with E-state index in [0.717, 1.165) is 25.7 Å². The molecule has 0 heterocycles. The first-order valence-corrected chi connectivity index (χ1v) is 16.4. The monoisotopic (exact) mass is 635 g/mol. The van der Waals surface area contributed by atoms with Gasteiger partial charge >= 0.3 is 28.0 Å². The quantitative estimate of drug-likeness (QED) is 0.0550. The molecule has 0 fully saturated rings. The number of hydrogen-bond acceptors (Lipinski definition) is 7. The number of esters is 1. The molecule has 3 aromatic rings. The molecule has 0 spiro atoms. The fourth-order valence-electron chi connectivity index (χ4n) is 3.59. The molecular formula is C32H37F2O7S2+. The van der Waals surface area contributed by atoms with E-state index in [0.29, 0.717) is 25.0 Å². The highest BCUT2D eigenvalue weighted by Crippen LogP contribution is 2.30. The Morgan fingerprint density at radius 1 is 0.698 bits per heavy atom. The number of halogens is 2. The summed E-state index contributed by atoms with van der Waals surface area (Å²) in [6.07, 6.45) is 2.81. The SMILES string of the molecule is C=C(C)C(=O)OCCCCCCCCOC(=O)OS(=O)(=O)C(F)F.c1ccc([S+](c2ccccc2)c2ccccc2)cc1. The van der Waals surface area contributed by atoms with Gasteiger partial charge < -0.3 is 13.7 Å². The van der Waals surface area contributed by atoms with Gasteiger partial charge in [-0.3, -0.25) is 0 Å². The maximum Gasteiger partial charge on any atom is 0.524 e. The van der Waals surface area contributed by atoms with Gasteiger partial charge in [0.15, 0.2) is 14.7 Å². The van der Waals surface area contributed by atoms with Crippen molar-refractivity contribution in [3.63, 3.8) is 0 Å². The van der Waals surface area contributed by atoms with E-state index in [1.807, 2.05) is 0 Å². The van der Waals surface area contributed by atoms with Gasteiger partial charge in [0.2, 0.25) is 0 Å². The number of benzene rings is 3. The van der Waals surface area contributed by atoms with Crippen LogP contribution >= 0.6 is 0 Å². The van der Waals surface area contributed by atoms with Crippen molar-refractivity contribution in [2.24, 2.45) is 0 Å². The smallest absolute Gasteiger partial charge is 0.462 e. The number of ether oxygens (including phenoxy) is 2. The molecule has 0 saturated carbocycles. The standard InChI is InChI=1S/C18H15S.C14H22F2O7S/c1-4-10-16(11-5-1)19(17-12-6-2-7-13-17)18-14-8-3-9-15-18;1-11(2)12(17)21-9-7-5-3-4-6-8-10-22-14(18)23-24(19,20)13(15)16/h1-15H;13H,1,3-10H2,2H3/q+1;. The van der Waals surface area contributed by atoms with Crippen LogP contribution in [0.3, 0.4) is 0 Å². The molecule has 3 aromatic carbocycles. The fourth-order valence-corrected chi connectivity index (χ4v) is 6.00. The molecule has 0 saturated heterocycles. The lowest BCUT2D eigenvalue weighted by molar-refractivity contribution is -0.139. The maximum absolute atomic E-state index is 11.9. The molecule has 0 radical (unpaired) electrons. The van der Waals surface area contributed by atoms with Crippen LogP contribution in [-0.4, -0.2) is 39.5 Å². The van der Waals surface area contributed by atoms with E-state index in [-0.39, 0.29) is 17.5 Å². The van der Waals surface area contributed by atoms with Crippen LogP contribution in [-0.2, 0) is 39.5 Å². The van der Waals surface area contributed by atoms with Crippen LogP contribution in [0.15, 0.2) is 118 Å². The van der Waals surface area contributed by atoms with Gasteiger partial charge in [0.05, 0.1) is 24.1 Å². The third kappa shape index (κ3) is 13.9. The fraction of sp³-hybridized carbons (Fsp3) is 0.312. The Kier molecular flexibility index (Phi) is 16.1. The first-order chi connectivity index (χ1) is 20.6. The Morgan fingerprint density at radius 2 is 1.07 bits per heavy atom. The molecule has 0 atom stereocenters. The average Bonchev–Trinajstić information content (AvgIpc) is 2.99. The van der Waals surface area contributed by atoms with Crippen LogP contribution in [0.5, 0.6) is 0 Å². The molecule has 0 aliphatic heterocycles. The largest absolute Gasteiger partial charge is 0.524 e. The van der Waals surface area contributed by atoms with Gasteiger partial charge in [0.25, 0.3) is 0 Å². The summed E-state index contributed by atoms with van der Waals surface area (Å²) in [4.78, 5) is 26.0. The van der Waals surface area contributed by atoms with Crippen molar-refractivity contribution in [2.75, 3.05) is 13.2 Å². The molecule has 232 valence electrons. The summed E-state index contributed by atoms with van der Waals surface area (Å²) in [6, 6.07) is 32.2. The van der Waals surface area contributed by atoms with Crippen molar-refractivity contribution in [2.45, 2.75) is 65.9 Å². The molecular weight excluding hydrogens is 598 g/mol. The molecule has 3 rings (SSSR count). The van der Waals surface area contributed by atoms with E-state index in [1.165, 1.54) is 14.7 Å². The van der Waals surface area contributed by atoms with Gasteiger partial charge in [-0.2, -0.15) is 17.2 Å². The highest BCUT2D eigenvalue weighted by molar-refractivity contribution is 7.97. The second-order valence-electron chi connectivity index (χ2n) is 9.22. The zero-order chi connectivity index (χ0) is 31.5. The average molecular weight is 636 g/mol. The first kappa shape index (κ1) is 35.5. The molecule has 0 unspecified atom stereocenters. The second kappa shape index (κ2) is 19.5. The molecule has 0 bridgehead atoms. The third-order valence-electron chi connectivity index (χ3n) is 5.68. The molecule has 0 amide bonds. The lowest BCUT2D eigenvalue weighted by Gasteiger charge is -2.07. The van der Waals surface area contributed by atoms with Gasteiger partial charge in [-0.05, 0) is 56.2 Å². The summed E-state index contributed by atoms with van der Waals surface area (Å²) in [5.41, 5.74) is 0.356. The second-order valence-corrected chi connectivity index (χ2v) is 12.8. The number of unbranched alkanes of at least 4 members (excludes halogenated alkanes) is 5. The molecule has 11 heteroatoms. The Labute approximate surface area is 255 Å². The predicted octanol–water partition coefficient (Wildman–Crippen LogP) is 7.93. The van der Waals surface area contributed by atoms with Crippen molar-refractivity contribution in [3.8, 4) is 0 Å². The molecule has 0 N–H and O–H groups in total. The number of alkyl halides is 2. The lowest BCUT2D eigenvalue weighted by atomic mass is 10.1. The summed E-state index contributed by atoms with van der Waals surface area (Å²) in [7, 11) is -5.23. The highest BCUT2D eigenvalue weighted by Gasteiger charge is 2.30. The van der Waals surface area contributed by atoms with Crippen LogP contribution in [0.2, 0.25) is 0 Å². The number of carbonyl (C=O) groups excluding carboxylic acids is 2. The molecule has 0 aliphatic carbocycles. The van der Waals surface area contributed by atoms with Gasteiger partial charge in [-0.1, -0.05) is 86.9 Å². The molecule has 7 nitrogen and oxygen atoms in total. The minimum Gasteiger partial charge on any atom is -0.462 e. The Hall–Kier alpha value is -3.70. The number of carbonyl (C=O) groups is 2. The molecule has 0 aromatic heterocycles. The van der Waals surface area contributed by atoms with Gasteiger partial charge in [-0.15, -0.1) is 0 Å². The van der Waals surface area contributed by atoms with E-state index < -0.39 is 28.0 Å². The van der Waals surface area contributed by atoms with Crippen LogP contribution < -0.4 is 0 Å². The van der Waals surface area contributed by atoms with Crippen molar-refractivity contribution in [1.82, 2.24) is 0 Å². The maximum atomic E-state index is 11.9. The number of rotatable bonds is 15. The predicted molar refractivity (Wildman–Crippen MR) is 162 cm³/mol. The first-order valence-electron chi connectivity index (χ1n) is 13.7. The minimum atomic E-state index is -5.22. The normalized spacial score (nSPS) is 10.9. The third-order valence-corrected chi connectivity index (χ3v) is 8.71. The zero-order valence-corrected chi connectivity index (χ0v) is 25.7. The van der Waals surface area contributed by atoms with E-state index in [4.69, 9.17) is 4.74 Å². The summed E-state index contributed by atoms with van der Waals surface area (Å²) in [5, 5.41) is 0. The van der Waals surface area contributed by atoms with Crippen molar-refractivity contribution >= 4 is 33.1 Å². The van der Waals surface area contributed by atoms with Gasteiger partial charge in [-0.25, -0.2) is 9.59 Å².